The maximum atomic E-state index is 9.22. The molecule has 12 rings (SSSR count). The quantitative estimate of drug-likeness (QED) is 0.167. The number of hydrogen-bond donors (Lipinski definition) is 0. The molecule has 0 atom stereocenters. The molecule has 0 amide bonds. The number of benzene rings is 9. The number of aromatic nitrogens is 3. The third-order valence-electron chi connectivity index (χ3n) is 11.8. The van der Waals surface area contributed by atoms with E-state index in [0.29, 0.717) is 11.3 Å². The van der Waals surface area contributed by atoms with Gasteiger partial charge in [0.05, 0.1) is 38.6 Å². The molecule has 0 saturated heterocycles. The minimum atomic E-state index is -0.178. The van der Waals surface area contributed by atoms with Crippen LogP contribution in [-0.4, -0.2) is 13.7 Å². The average molecular weight is 744 g/mol. The lowest BCUT2D eigenvalue weighted by Crippen LogP contribution is -1.94. The highest BCUT2D eigenvalue weighted by Gasteiger charge is 2.18. The Bertz CT molecular complexity index is 3560. The zero-order valence-corrected chi connectivity index (χ0v) is 31.7. The van der Waals surface area contributed by atoms with Crippen molar-refractivity contribution in [3.8, 4) is 39.3 Å². The van der Waals surface area contributed by atoms with Gasteiger partial charge in [-0.15, -0.1) is 0 Å². The first-order chi connectivity index (χ1) is 30.4. The van der Waals surface area contributed by atoms with Gasteiger partial charge in [0.25, 0.3) is 0 Å². The number of rotatable bonds is 5. The van der Waals surface area contributed by atoms with Crippen LogP contribution in [0, 0.1) is 6.92 Å². The largest absolute Gasteiger partial charge is 0.309 e. The Kier molecular flexibility index (Phi) is 6.30. The molecule has 0 radical (unpaired) electrons. The van der Waals surface area contributed by atoms with E-state index in [2.05, 4.69) is 179 Å². The summed E-state index contributed by atoms with van der Waals surface area (Å²) in [4.78, 5) is 0. The van der Waals surface area contributed by atoms with Crippen LogP contribution in [0.25, 0.3) is 105 Å². The summed E-state index contributed by atoms with van der Waals surface area (Å²) in [5.41, 5.74) is 13.4. The van der Waals surface area contributed by atoms with E-state index in [4.69, 9.17) is 4.11 Å². The second-order valence-corrected chi connectivity index (χ2v) is 15.1. The van der Waals surface area contributed by atoms with Gasteiger partial charge < -0.3 is 13.7 Å². The lowest BCUT2D eigenvalue weighted by Gasteiger charge is -2.10. The molecule has 272 valence electrons. The molecule has 0 saturated carbocycles. The van der Waals surface area contributed by atoms with Gasteiger partial charge in [-0.05, 0) is 132 Å². The predicted octanol–water partition coefficient (Wildman–Crippen LogP) is 14.6. The Morgan fingerprint density at radius 1 is 0.328 bits per heavy atom. The summed E-state index contributed by atoms with van der Waals surface area (Å²) < 4.78 is 42.2. The van der Waals surface area contributed by atoms with Crippen LogP contribution in [0.5, 0.6) is 0 Å². The standard InChI is InChI=1S/C55H37N3/c1-36-13-12-18-43(31-36)58-54-29-25-39(37-23-27-52-46(32-37)44-19-8-10-21-50(44)56(52)41-14-4-2-5-15-41)34-48(54)49-35-40(26-30-55(49)58)38-24-28-53-47(33-38)45-20-9-11-22-51(45)57(53)42-16-6-3-7-17-42/h2-35H,1H3/i12D,13D,18D,31D. The normalized spacial score (nSPS) is 12.8. The van der Waals surface area contributed by atoms with Crippen molar-refractivity contribution in [3.63, 3.8) is 0 Å². The van der Waals surface area contributed by atoms with Gasteiger partial charge in [0.1, 0.15) is 0 Å². The molecule has 3 aromatic heterocycles. The molecular formula is C55H37N3. The van der Waals surface area contributed by atoms with Crippen molar-refractivity contribution in [2.24, 2.45) is 0 Å². The van der Waals surface area contributed by atoms with Gasteiger partial charge in [0, 0.05) is 49.4 Å². The smallest absolute Gasteiger partial charge is 0.0648 e. The number of para-hydroxylation sites is 4. The number of hydrogen-bond acceptors (Lipinski definition) is 0. The van der Waals surface area contributed by atoms with E-state index < -0.39 is 0 Å². The number of fused-ring (bicyclic) bond motifs is 9. The van der Waals surface area contributed by atoms with Gasteiger partial charge in [0.2, 0.25) is 0 Å². The molecule has 0 aliphatic rings. The molecular weight excluding hydrogens is 703 g/mol. The summed E-state index contributed by atoms with van der Waals surface area (Å²) in [5, 5.41) is 6.66. The maximum absolute atomic E-state index is 9.22. The molecule has 12 aromatic rings. The molecule has 0 fully saturated rings. The van der Waals surface area contributed by atoms with E-state index in [1.54, 1.807) is 6.92 Å². The average Bonchev–Trinajstić information content (AvgIpc) is 3.95. The van der Waals surface area contributed by atoms with Gasteiger partial charge in [-0.3, -0.25) is 0 Å². The molecule has 0 aliphatic heterocycles. The van der Waals surface area contributed by atoms with Crippen molar-refractivity contribution >= 4 is 65.4 Å². The molecule has 0 unspecified atom stereocenters. The lowest BCUT2D eigenvalue weighted by atomic mass is 9.98. The summed E-state index contributed by atoms with van der Waals surface area (Å²) >= 11 is 0. The highest BCUT2D eigenvalue weighted by molar-refractivity contribution is 6.14. The molecule has 0 bridgehead atoms. The van der Waals surface area contributed by atoms with Crippen LogP contribution in [0.3, 0.4) is 0 Å². The fourth-order valence-corrected chi connectivity index (χ4v) is 9.17. The highest BCUT2D eigenvalue weighted by Crippen LogP contribution is 2.41. The van der Waals surface area contributed by atoms with E-state index >= 15 is 0 Å². The first-order valence-electron chi connectivity index (χ1n) is 21.7. The van der Waals surface area contributed by atoms with E-state index in [0.717, 1.165) is 77.5 Å². The van der Waals surface area contributed by atoms with Crippen molar-refractivity contribution in [1.82, 2.24) is 13.7 Å². The second-order valence-electron chi connectivity index (χ2n) is 15.1. The lowest BCUT2D eigenvalue weighted by molar-refractivity contribution is 1.17. The van der Waals surface area contributed by atoms with Crippen molar-refractivity contribution < 1.29 is 5.48 Å². The zero-order chi connectivity index (χ0) is 41.8. The van der Waals surface area contributed by atoms with Crippen LogP contribution in [0.15, 0.2) is 206 Å². The SMILES string of the molecule is [2H]c1c([2H])c(C)c([2H])c(-n2c3ccc(-c4ccc5c(c4)c4ccccc4n5-c4ccccc4)cc3c3cc(-c4ccc5c(c4)c4ccccc4n5-c4ccccc4)ccc32)c1[2H]. The molecule has 0 spiro atoms. The van der Waals surface area contributed by atoms with Crippen LogP contribution < -0.4 is 0 Å². The fraction of sp³-hybridized carbons (Fsp3) is 0.0182. The Labute approximate surface area is 341 Å². The van der Waals surface area contributed by atoms with Crippen LogP contribution in [0.4, 0.5) is 0 Å². The monoisotopic (exact) mass is 743 g/mol. The van der Waals surface area contributed by atoms with Crippen molar-refractivity contribution in [2.45, 2.75) is 6.92 Å². The van der Waals surface area contributed by atoms with Gasteiger partial charge >= 0.3 is 0 Å². The number of nitrogens with zero attached hydrogens (tertiary/aromatic N) is 3. The van der Waals surface area contributed by atoms with E-state index in [1.807, 2.05) is 16.7 Å². The first-order valence-corrected chi connectivity index (χ1v) is 19.7. The third kappa shape index (κ3) is 4.93. The Morgan fingerprint density at radius 2 is 0.672 bits per heavy atom. The second kappa shape index (κ2) is 12.7. The van der Waals surface area contributed by atoms with E-state index in [-0.39, 0.29) is 24.2 Å². The summed E-state index contributed by atoms with van der Waals surface area (Å²) in [6.45, 7) is 1.70. The minimum absolute atomic E-state index is 0.0814. The third-order valence-corrected chi connectivity index (χ3v) is 11.8. The van der Waals surface area contributed by atoms with Gasteiger partial charge in [0.15, 0.2) is 0 Å². The van der Waals surface area contributed by atoms with Crippen LogP contribution >= 0.6 is 0 Å². The van der Waals surface area contributed by atoms with E-state index in [1.165, 1.54) is 21.5 Å². The maximum Gasteiger partial charge on any atom is 0.0648 e. The molecule has 0 N–H and O–H groups in total. The van der Waals surface area contributed by atoms with Gasteiger partial charge in [-0.25, -0.2) is 0 Å². The Balaban J connectivity index is 1.09. The molecule has 3 heterocycles. The molecule has 3 nitrogen and oxygen atoms in total. The molecule has 58 heavy (non-hydrogen) atoms. The fourth-order valence-electron chi connectivity index (χ4n) is 9.17. The molecule has 9 aromatic carbocycles. The molecule has 3 heteroatoms. The van der Waals surface area contributed by atoms with Crippen LogP contribution in [0.1, 0.15) is 11.0 Å². The highest BCUT2D eigenvalue weighted by atomic mass is 15.0. The zero-order valence-electron chi connectivity index (χ0n) is 35.7. The van der Waals surface area contributed by atoms with Crippen LogP contribution in [-0.2, 0) is 0 Å². The topological polar surface area (TPSA) is 14.8 Å². The Morgan fingerprint density at radius 3 is 1.10 bits per heavy atom. The van der Waals surface area contributed by atoms with Crippen molar-refractivity contribution in [2.75, 3.05) is 0 Å². The van der Waals surface area contributed by atoms with Crippen molar-refractivity contribution in [1.29, 1.82) is 0 Å². The van der Waals surface area contributed by atoms with Gasteiger partial charge in [-0.2, -0.15) is 0 Å². The van der Waals surface area contributed by atoms with Crippen molar-refractivity contribution in [3.05, 3.63) is 212 Å². The Hall–Kier alpha value is -7.62. The van der Waals surface area contributed by atoms with Crippen LogP contribution in [0.2, 0.25) is 0 Å². The van der Waals surface area contributed by atoms with E-state index in [9.17, 15) is 1.37 Å². The summed E-state index contributed by atoms with van der Waals surface area (Å²) in [5.74, 6) is 0. The summed E-state index contributed by atoms with van der Waals surface area (Å²) in [7, 11) is 0. The first kappa shape index (κ1) is 28.7. The minimum Gasteiger partial charge on any atom is -0.309 e. The summed E-state index contributed by atoms with van der Waals surface area (Å²) in [6.07, 6.45) is 0. The van der Waals surface area contributed by atoms with Gasteiger partial charge in [-0.1, -0.05) is 109 Å². The summed E-state index contributed by atoms with van der Waals surface area (Å²) in [6, 6.07) is 64.0. The molecule has 0 aliphatic carbocycles. The predicted molar refractivity (Wildman–Crippen MR) is 245 cm³/mol.